The third-order valence-corrected chi connectivity index (χ3v) is 5.75. The van der Waals surface area contributed by atoms with Gasteiger partial charge in [-0.2, -0.15) is 13.2 Å². The van der Waals surface area contributed by atoms with Crippen LogP contribution in [0.1, 0.15) is 5.56 Å². The highest BCUT2D eigenvalue weighted by Gasteiger charge is 2.35. The molecule has 0 aliphatic heterocycles. The summed E-state index contributed by atoms with van der Waals surface area (Å²) in [5, 5.41) is 0.274. The van der Waals surface area contributed by atoms with E-state index in [9.17, 15) is 13.2 Å². The molecule has 0 heterocycles. The van der Waals surface area contributed by atoms with Gasteiger partial charge in [0.25, 0.3) is 0 Å². The first-order chi connectivity index (χ1) is 13.9. The zero-order chi connectivity index (χ0) is 20.7. The van der Waals surface area contributed by atoms with Crippen molar-refractivity contribution < 1.29 is 13.2 Å². The number of hydrogen-bond donors (Lipinski definition) is 0. The molecule has 0 spiro atoms. The smallest absolute Gasteiger partial charge is 0.242 e. The number of nitrogens with zero attached hydrogens (tertiary/aromatic N) is 1. The largest absolute Gasteiger partial charge is 0.422 e. The number of rotatable bonds is 5. The van der Waals surface area contributed by atoms with Crippen LogP contribution in [0, 0.1) is 6.92 Å². The lowest BCUT2D eigenvalue weighted by atomic mass is 10.2. The van der Waals surface area contributed by atoms with Gasteiger partial charge in [-0.15, -0.1) is 0 Å². The van der Waals surface area contributed by atoms with Crippen LogP contribution in [-0.2, 0) is 0 Å². The molecule has 0 atom stereocenters. The highest BCUT2D eigenvalue weighted by atomic mass is 32.2. The van der Waals surface area contributed by atoms with Crippen molar-refractivity contribution in [3.63, 3.8) is 0 Å². The average molecular weight is 430 g/mol. The summed E-state index contributed by atoms with van der Waals surface area (Å²) in [5.74, 6) is 0. The first-order valence-electron chi connectivity index (χ1n) is 8.80. The quantitative estimate of drug-likeness (QED) is 0.231. The van der Waals surface area contributed by atoms with Gasteiger partial charge in [0, 0.05) is 9.79 Å². The predicted molar refractivity (Wildman–Crippen MR) is 117 cm³/mol. The van der Waals surface area contributed by atoms with E-state index in [0.29, 0.717) is 22.3 Å². The molecule has 0 aliphatic rings. The summed E-state index contributed by atoms with van der Waals surface area (Å²) >= 11 is 1.89. The Morgan fingerprint density at radius 2 is 1.28 bits per heavy atom. The normalized spacial score (nSPS) is 12.8. The molecule has 0 fully saturated rings. The van der Waals surface area contributed by atoms with Crippen molar-refractivity contribution in [1.29, 1.82) is 0 Å². The van der Waals surface area contributed by atoms with Gasteiger partial charge in [-0.1, -0.05) is 77.6 Å². The predicted octanol–water partition coefficient (Wildman–Crippen LogP) is 8.06. The molecule has 0 saturated carbocycles. The molecule has 3 aromatic carbocycles. The first-order valence-corrected chi connectivity index (χ1v) is 10.4. The minimum absolute atomic E-state index is 0.274. The van der Waals surface area contributed by atoms with Crippen LogP contribution in [0.4, 0.5) is 18.9 Å². The molecule has 0 saturated heterocycles. The van der Waals surface area contributed by atoms with E-state index in [0.717, 1.165) is 16.5 Å². The van der Waals surface area contributed by atoms with Gasteiger partial charge < -0.3 is 0 Å². The minimum Gasteiger partial charge on any atom is -0.242 e. The van der Waals surface area contributed by atoms with E-state index >= 15 is 0 Å². The lowest BCUT2D eigenvalue weighted by Crippen LogP contribution is -2.10. The summed E-state index contributed by atoms with van der Waals surface area (Å²) in [7, 11) is 0. The van der Waals surface area contributed by atoms with Gasteiger partial charge in [0.05, 0.1) is 10.6 Å². The van der Waals surface area contributed by atoms with Gasteiger partial charge >= 0.3 is 6.18 Å². The van der Waals surface area contributed by atoms with Gasteiger partial charge in [0.15, 0.2) is 0 Å². The standard InChI is InChI=1S/C23H18F3NS2/c1-17-12-14-18(15-13-17)27-22(29-20-10-6-3-7-11-20)16-21(23(24,25)26)28-19-8-4-2-5-9-19/h2-16H,1H3/b21-16+,27-22?. The maximum Gasteiger partial charge on any atom is 0.422 e. The van der Waals surface area contributed by atoms with Crippen LogP contribution in [0.2, 0.25) is 0 Å². The van der Waals surface area contributed by atoms with Gasteiger partial charge in [-0.05, 0) is 49.4 Å². The third kappa shape index (κ3) is 6.84. The topological polar surface area (TPSA) is 12.4 Å². The van der Waals surface area contributed by atoms with E-state index in [4.69, 9.17) is 0 Å². The zero-order valence-corrected chi connectivity index (χ0v) is 17.2. The highest BCUT2D eigenvalue weighted by molar-refractivity contribution is 8.14. The lowest BCUT2D eigenvalue weighted by Gasteiger charge is -2.12. The SMILES string of the molecule is Cc1ccc(N=C(/C=C(/Sc2ccccc2)C(F)(F)F)Sc2ccccc2)cc1. The monoisotopic (exact) mass is 429 g/mol. The van der Waals surface area contributed by atoms with Crippen LogP contribution < -0.4 is 0 Å². The molecule has 6 heteroatoms. The molecule has 148 valence electrons. The Bertz CT molecular complexity index is 980. The van der Waals surface area contributed by atoms with Crippen LogP contribution in [0.3, 0.4) is 0 Å². The molecular weight excluding hydrogens is 411 g/mol. The third-order valence-electron chi connectivity index (χ3n) is 3.74. The van der Waals surface area contributed by atoms with Gasteiger partial charge in [-0.25, -0.2) is 4.99 Å². The van der Waals surface area contributed by atoms with Crippen molar-refractivity contribution in [3.05, 3.63) is 101 Å². The fraction of sp³-hybridized carbons (Fsp3) is 0.0870. The Kier molecular flexibility index (Phi) is 7.23. The van der Waals surface area contributed by atoms with Gasteiger partial charge in [0.1, 0.15) is 5.04 Å². The summed E-state index contributed by atoms with van der Waals surface area (Å²) in [5.41, 5.74) is 1.67. The van der Waals surface area contributed by atoms with Crippen molar-refractivity contribution in [2.75, 3.05) is 0 Å². The van der Waals surface area contributed by atoms with E-state index in [-0.39, 0.29) is 5.04 Å². The van der Waals surface area contributed by atoms with Crippen LogP contribution in [0.25, 0.3) is 0 Å². The second-order valence-electron chi connectivity index (χ2n) is 6.12. The fourth-order valence-electron chi connectivity index (χ4n) is 2.34. The molecule has 0 aliphatic carbocycles. The van der Waals surface area contributed by atoms with Crippen molar-refractivity contribution in [1.82, 2.24) is 0 Å². The Hall–Kier alpha value is -2.44. The second-order valence-corrected chi connectivity index (χ2v) is 8.33. The van der Waals surface area contributed by atoms with E-state index in [1.807, 2.05) is 49.4 Å². The van der Waals surface area contributed by atoms with E-state index in [1.165, 1.54) is 11.8 Å². The van der Waals surface area contributed by atoms with E-state index in [1.54, 1.807) is 42.5 Å². The Morgan fingerprint density at radius 3 is 1.79 bits per heavy atom. The molecule has 0 unspecified atom stereocenters. The molecule has 29 heavy (non-hydrogen) atoms. The maximum absolute atomic E-state index is 13.7. The average Bonchev–Trinajstić information content (AvgIpc) is 2.70. The van der Waals surface area contributed by atoms with Crippen LogP contribution >= 0.6 is 23.5 Å². The second kappa shape index (κ2) is 9.85. The molecule has 3 aromatic rings. The Labute approximate surface area is 176 Å². The van der Waals surface area contributed by atoms with Gasteiger partial charge in [0.2, 0.25) is 0 Å². The summed E-state index contributed by atoms with van der Waals surface area (Å²) in [6.45, 7) is 1.95. The van der Waals surface area contributed by atoms with E-state index in [2.05, 4.69) is 4.99 Å². The molecule has 0 bridgehead atoms. The number of alkyl halides is 3. The number of aryl methyl sites for hydroxylation is 1. The van der Waals surface area contributed by atoms with Crippen molar-refractivity contribution in [2.24, 2.45) is 4.99 Å². The lowest BCUT2D eigenvalue weighted by molar-refractivity contribution is -0.0835. The summed E-state index contributed by atoms with van der Waals surface area (Å²) in [4.78, 5) is 5.11. The molecular formula is C23H18F3NS2. The summed E-state index contributed by atoms with van der Waals surface area (Å²) < 4.78 is 41.2. The highest BCUT2D eigenvalue weighted by Crippen LogP contribution is 2.40. The van der Waals surface area contributed by atoms with Crippen molar-refractivity contribution >= 4 is 34.3 Å². The molecule has 0 N–H and O–H groups in total. The first kappa shape index (κ1) is 21.3. The van der Waals surface area contributed by atoms with Crippen LogP contribution in [0.5, 0.6) is 0 Å². The van der Waals surface area contributed by atoms with Crippen molar-refractivity contribution in [2.45, 2.75) is 22.9 Å². The van der Waals surface area contributed by atoms with Gasteiger partial charge in [-0.3, -0.25) is 0 Å². The Balaban J connectivity index is 2.00. The number of thioether (sulfide) groups is 2. The van der Waals surface area contributed by atoms with Crippen molar-refractivity contribution in [3.8, 4) is 0 Å². The number of allylic oxidation sites excluding steroid dienone is 1. The van der Waals surface area contributed by atoms with Crippen LogP contribution in [-0.4, -0.2) is 11.2 Å². The molecule has 0 radical (unpaired) electrons. The number of aliphatic imine (C=N–C) groups is 1. The number of benzene rings is 3. The molecule has 1 nitrogen and oxygen atoms in total. The minimum atomic E-state index is -4.48. The van der Waals surface area contributed by atoms with E-state index < -0.39 is 11.1 Å². The summed E-state index contributed by atoms with van der Waals surface area (Å²) in [6.07, 6.45) is -3.36. The molecule has 3 rings (SSSR count). The number of hydrogen-bond acceptors (Lipinski definition) is 3. The van der Waals surface area contributed by atoms with Crippen LogP contribution in [0.15, 0.2) is 111 Å². The zero-order valence-electron chi connectivity index (χ0n) is 15.6. The number of halogens is 3. The molecule has 0 amide bonds. The molecule has 0 aromatic heterocycles. The fourth-order valence-corrected chi connectivity index (χ4v) is 4.11. The maximum atomic E-state index is 13.7. The summed E-state index contributed by atoms with van der Waals surface area (Å²) in [6, 6.07) is 25.1. The Morgan fingerprint density at radius 1 is 0.759 bits per heavy atom.